The molecule has 3 amide bonds. The van der Waals surface area contributed by atoms with Crippen LogP contribution in [0.5, 0.6) is 5.75 Å². The first-order valence-electron chi connectivity index (χ1n) is 10.2. The summed E-state index contributed by atoms with van der Waals surface area (Å²) in [5.41, 5.74) is 0.769. The first kappa shape index (κ1) is 25.4. The molecule has 1 fully saturated rings. The Bertz CT molecular complexity index is 1430. The van der Waals surface area contributed by atoms with E-state index in [9.17, 15) is 24.3 Å². The van der Waals surface area contributed by atoms with E-state index in [0.717, 1.165) is 4.90 Å². The van der Waals surface area contributed by atoms with Gasteiger partial charge in [0.05, 0.1) is 27.6 Å². The molecule has 4 rings (SSSR count). The zero-order valence-electron chi connectivity index (χ0n) is 18.4. The minimum absolute atomic E-state index is 0.0312. The Hall–Kier alpha value is -3.73. The number of anilines is 1. The molecule has 9 nitrogen and oxygen atoms in total. The number of methoxy groups -OCH3 is 1. The van der Waals surface area contributed by atoms with E-state index in [2.05, 4.69) is 5.32 Å². The van der Waals surface area contributed by atoms with Gasteiger partial charge >= 0.3 is 5.97 Å². The third-order valence-corrected chi connectivity index (χ3v) is 6.52. The third kappa shape index (κ3) is 5.40. The summed E-state index contributed by atoms with van der Waals surface area (Å²) in [6, 6.07) is 11.9. The van der Waals surface area contributed by atoms with Crippen molar-refractivity contribution >= 4 is 69.8 Å². The lowest BCUT2D eigenvalue weighted by molar-refractivity contribution is -0.127. The number of furan rings is 1. The van der Waals surface area contributed by atoms with Gasteiger partial charge in [-0.1, -0.05) is 23.2 Å². The highest BCUT2D eigenvalue weighted by molar-refractivity contribution is 8.18. The number of benzene rings is 2. The summed E-state index contributed by atoms with van der Waals surface area (Å²) in [4.78, 5) is 49.7. The molecule has 3 aromatic rings. The van der Waals surface area contributed by atoms with Gasteiger partial charge in [-0.3, -0.25) is 19.3 Å². The largest absolute Gasteiger partial charge is 0.495 e. The highest BCUT2D eigenvalue weighted by Gasteiger charge is 2.36. The van der Waals surface area contributed by atoms with Crippen LogP contribution in [0.25, 0.3) is 17.4 Å². The van der Waals surface area contributed by atoms with Crippen LogP contribution in [-0.4, -0.2) is 46.7 Å². The number of nitrogens with one attached hydrogen (secondary N) is 1. The average Bonchev–Trinajstić information content (AvgIpc) is 3.39. The number of nitrogens with zero attached hydrogens (tertiary/aromatic N) is 1. The van der Waals surface area contributed by atoms with Crippen molar-refractivity contribution in [1.29, 1.82) is 0 Å². The molecule has 0 spiro atoms. The van der Waals surface area contributed by atoms with E-state index >= 15 is 0 Å². The van der Waals surface area contributed by atoms with Crippen molar-refractivity contribution in [3.8, 4) is 17.1 Å². The van der Waals surface area contributed by atoms with Crippen LogP contribution in [0, 0.1) is 0 Å². The number of amides is 3. The number of rotatable bonds is 7. The van der Waals surface area contributed by atoms with Crippen molar-refractivity contribution in [1.82, 2.24) is 4.90 Å². The SMILES string of the molecule is COc1ccc(NC(=O)CN2C(=O)S/C(=C\c3ccc(-c4cc(C(=O)O)ccc4Cl)o3)C2=O)cc1Cl. The first-order valence-corrected chi connectivity index (χ1v) is 11.8. The summed E-state index contributed by atoms with van der Waals surface area (Å²) < 4.78 is 10.8. The number of hydrogen-bond acceptors (Lipinski definition) is 7. The number of carbonyl (C=O) groups excluding carboxylic acids is 3. The molecule has 2 aromatic carbocycles. The molecule has 184 valence electrons. The van der Waals surface area contributed by atoms with Crippen molar-refractivity contribution in [2.24, 2.45) is 0 Å². The van der Waals surface area contributed by atoms with Gasteiger partial charge in [0.2, 0.25) is 5.91 Å². The summed E-state index contributed by atoms with van der Waals surface area (Å²) in [6.07, 6.45) is 1.37. The fourth-order valence-corrected chi connectivity index (χ4v) is 4.56. The number of ether oxygens (including phenoxy) is 1. The van der Waals surface area contributed by atoms with Gasteiger partial charge < -0.3 is 19.6 Å². The van der Waals surface area contributed by atoms with Crippen LogP contribution in [0.1, 0.15) is 16.1 Å². The monoisotopic (exact) mass is 546 g/mol. The summed E-state index contributed by atoms with van der Waals surface area (Å²) in [5.74, 6) is -1.41. The predicted molar refractivity (Wildman–Crippen MR) is 135 cm³/mol. The van der Waals surface area contributed by atoms with Gasteiger partial charge in [0.25, 0.3) is 11.1 Å². The quantitative estimate of drug-likeness (QED) is 0.365. The smallest absolute Gasteiger partial charge is 0.335 e. The highest BCUT2D eigenvalue weighted by atomic mass is 35.5. The van der Waals surface area contributed by atoms with Gasteiger partial charge in [0, 0.05) is 17.3 Å². The Morgan fingerprint density at radius 3 is 2.58 bits per heavy atom. The average molecular weight is 547 g/mol. The van der Waals surface area contributed by atoms with Crippen molar-refractivity contribution in [2.75, 3.05) is 19.0 Å². The van der Waals surface area contributed by atoms with Crippen LogP contribution < -0.4 is 10.1 Å². The predicted octanol–water partition coefficient (Wildman–Crippen LogP) is 5.64. The Morgan fingerprint density at radius 2 is 1.89 bits per heavy atom. The third-order valence-electron chi connectivity index (χ3n) is 4.99. The van der Waals surface area contributed by atoms with E-state index in [1.54, 1.807) is 24.3 Å². The van der Waals surface area contributed by atoms with E-state index in [1.165, 1.54) is 37.5 Å². The number of carbonyl (C=O) groups is 4. The van der Waals surface area contributed by atoms with Gasteiger partial charge in [0.1, 0.15) is 23.8 Å². The number of halogens is 2. The Morgan fingerprint density at radius 1 is 1.11 bits per heavy atom. The normalized spacial score (nSPS) is 14.4. The van der Waals surface area contributed by atoms with Crippen molar-refractivity contribution < 1.29 is 33.4 Å². The summed E-state index contributed by atoms with van der Waals surface area (Å²) >= 11 is 12.9. The maximum absolute atomic E-state index is 12.8. The van der Waals surface area contributed by atoms with E-state index < -0.39 is 29.6 Å². The van der Waals surface area contributed by atoms with Gasteiger partial charge in [-0.05, 0) is 60.3 Å². The Labute approximate surface area is 218 Å². The zero-order chi connectivity index (χ0) is 26.0. The van der Waals surface area contributed by atoms with Gasteiger partial charge in [-0.15, -0.1) is 0 Å². The molecule has 0 unspecified atom stereocenters. The van der Waals surface area contributed by atoms with Crippen LogP contribution in [-0.2, 0) is 9.59 Å². The molecule has 1 saturated heterocycles. The van der Waals surface area contributed by atoms with Crippen LogP contribution in [0.4, 0.5) is 10.5 Å². The maximum Gasteiger partial charge on any atom is 0.335 e. The van der Waals surface area contributed by atoms with Crippen LogP contribution in [0.3, 0.4) is 0 Å². The van der Waals surface area contributed by atoms with Crippen molar-refractivity contribution in [3.05, 3.63) is 74.8 Å². The molecule has 12 heteroatoms. The van der Waals surface area contributed by atoms with Crippen LogP contribution in [0.15, 0.2) is 57.9 Å². The molecule has 2 N–H and O–H groups in total. The molecule has 0 atom stereocenters. The molecule has 0 bridgehead atoms. The fourth-order valence-electron chi connectivity index (χ4n) is 3.28. The topological polar surface area (TPSA) is 126 Å². The van der Waals surface area contributed by atoms with Gasteiger partial charge in [-0.2, -0.15) is 0 Å². The summed E-state index contributed by atoms with van der Waals surface area (Å²) in [6.45, 7) is -0.493. The second-order valence-electron chi connectivity index (χ2n) is 7.37. The molecule has 1 aliphatic heterocycles. The molecular formula is C24H16Cl2N2O7S. The maximum atomic E-state index is 12.8. The number of aromatic carboxylic acids is 1. The Balaban J connectivity index is 1.47. The standard InChI is InChI=1S/C24H16Cl2N2O7S/c1-34-19-6-3-13(9-17(19)26)27-21(29)11-28-22(30)20(36-24(28)33)10-14-4-7-18(35-14)15-8-12(23(31)32)2-5-16(15)25/h2-10H,11H2,1H3,(H,27,29)(H,31,32)/b20-10-. The minimum atomic E-state index is -1.12. The van der Waals surface area contributed by atoms with Crippen molar-refractivity contribution in [2.45, 2.75) is 0 Å². The van der Waals surface area contributed by atoms with E-state index in [-0.39, 0.29) is 32.0 Å². The summed E-state index contributed by atoms with van der Waals surface area (Å²) in [7, 11) is 1.46. The van der Waals surface area contributed by atoms with E-state index in [1.807, 2.05) is 0 Å². The first-order chi connectivity index (χ1) is 17.2. The van der Waals surface area contributed by atoms with Gasteiger partial charge in [-0.25, -0.2) is 4.79 Å². The van der Waals surface area contributed by atoms with E-state index in [4.69, 9.17) is 32.4 Å². The molecule has 0 radical (unpaired) electrons. The van der Waals surface area contributed by atoms with Crippen LogP contribution >= 0.6 is 35.0 Å². The molecule has 2 heterocycles. The van der Waals surface area contributed by atoms with Crippen molar-refractivity contribution in [3.63, 3.8) is 0 Å². The lowest BCUT2D eigenvalue weighted by atomic mass is 10.1. The minimum Gasteiger partial charge on any atom is -0.495 e. The van der Waals surface area contributed by atoms with Crippen LogP contribution in [0.2, 0.25) is 10.0 Å². The number of hydrogen-bond donors (Lipinski definition) is 2. The number of imide groups is 1. The lowest BCUT2D eigenvalue weighted by Crippen LogP contribution is -2.36. The number of thioether (sulfide) groups is 1. The molecule has 0 saturated carbocycles. The molecule has 36 heavy (non-hydrogen) atoms. The molecule has 1 aromatic heterocycles. The zero-order valence-corrected chi connectivity index (χ0v) is 20.7. The summed E-state index contributed by atoms with van der Waals surface area (Å²) in [5, 5.41) is 11.7. The lowest BCUT2D eigenvalue weighted by Gasteiger charge is -2.13. The highest BCUT2D eigenvalue weighted by Crippen LogP contribution is 2.35. The van der Waals surface area contributed by atoms with Gasteiger partial charge in [0.15, 0.2) is 0 Å². The fraction of sp³-hybridized carbons (Fsp3) is 0.0833. The molecular weight excluding hydrogens is 531 g/mol. The second-order valence-corrected chi connectivity index (χ2v) is 9.17. The van der Waals surface area contributed by atoms with E-state index in [0.29, 0.717) is 28.8 Å². The second kappa shape index (κ2) is 10.5. The molecule has 1 aliphatic rings. The number of carboxylic acids is 1. The molecule has 0 aliphatic carbocycles. The Kier molecular flexibility index (Phi) is 7.39. The number of carboxylic acid groups (broad SMARTS) is 1.